The van der Waals surface area contributed by atoms with Crippen LogP contribution in [-0.4, -0.2) is 50.7 Å². The molecular formula is C21H26N4O2. The lowest BCUT2D eigenvalue weighted by Gasteiger charge is -2.41. The topological polar surface area (TPSA) is 58.4 Å². The largest absolute Gasteiger partial charge is 0.330 e. The van der Waals surface area contributed by atoms with Gasteiger partial charge < -0.3 is 9.80 Å². The summed E-state index contributed by atoms with van der Waals surface area (Å²) in [7, 11) is 3.78. The van der Waals surface area contributed by atoms with E-state index in [0.717, 1.165) is 18.4 Å². The van der Waals surface area contributed by atoms with Crippen molar-refractivity contribution in [2.24, 2.45) is 7.05 Å². The lowest BCUT2D eigenvalue weighted by molar-refractivity contribution is 0.0452. The standard InChI is InChI=1S/C21H26N4O2/c1-23-16-8-9-17(23)13-18(12-16)25(14-15-6-4-3-5-7-15)21(27)19-10-11-20(26)24(2)22-19/h3-7,10-11,16-18H,8-9,12-14H2,1-2H3/t16-,17+,18?. The van der Waals surface area contributed by atoms with E-state index in [-0.39, 0.29) is 17.5 Å². The first kappa shape index (κ1) is 17.9. The van der Waals surface area contributed by atoms with Gasteiger partial charge in [-0.25, -0.2) is 4.68 Å². The Morgan fingerprint density at radius 1 is 1.07 bits per heavy atom. The number of hydrogen-bond donors (Lipinski definition) is 0. The van der Waals surface area contributed by atoms with Crippen LogP contribution >= 0.6 is 0 Å². The number of aryl methyl sites for hydroxylation is 1. The number of fused-ring (bicyclic) bond motifs is 2. The molecule has 142 valence electrons. The maximum Gasteiger partial charge on any atom is 0.274 e. The number of carbonyl (C=O) groups excluding carboxylic acids is 1. The summed E-state index contributed by atoms with van der Waals surface area (Å²) in [6.45, 7) is 0.567. The molecular weight excluding hydrogens is 340 g/mol. The van der Waals surface area contributed by atoms with Crippen LogP contribution < -0.4 is 5.56 Å². The third-order valence-electron chi connectivity index (χ3n) is 6.15. The molecule has 6 nitrogen and oxygen atoms in total. The summed E-state index contributed by atoms with van der Waals surface area (Å²) in [6.07, 6.45) is 4.42. The van der Waals surface area contributed by atoms with Gasteiger partial charge in [-0.05, 0) is 44.4 Å². The molecule has 2 saturated heterocycles. The highest BCUT2D eigenvalue weighted by atomic mass is 16.2. The Hall–Kier alpha value is -2.47. The lowest BCUT2D eigenvalue weighted by atomic mass is 9.95. The minimum absolute atomic E-state index is 0.0941. The minimum atomic E-state index is -0.210. The van der Waals surface area contributed by atoms with Gasteiger partial charge in [0, 0.05) is 37.8 Å². The highest BCUT2D eigenvalue weighted by Gasteiger charge is 2.41. The first-order valence-corrected chi connectivity index (χ1v) is 9.64. The molecule has 2 aliphatic rings. The Balaban J connectivity index is 1.64. The van der Waals surface area contributed by atoms with Gasteiger partial charge in [0.2, 0.25) is 0 Å². The molecule has 0 spiro atoms. The monoisotopic (exact) mass is 366 g/mol. The summed E-state index contributed by atoms with van der Waals surface area (Å²) < 4.78 is 1.23. The van der Waals surface area contributed by atoms with E-state index in [9.17, 15) is 9.59 Å². The summed E-state index contributed by atoms with van der Waals surface area (Å²) in [6, 6.07) is 14.4. The van der Waals surface area contributed by atoms with Crippen molar-refractivity contribution in [2.45, 2.75) is 50.4 Å². The molecule has 27 heavy (non-hydrogen) atoms. The zero-order valence-electron chi connectivity index (χ0n) is 15.9. The number of hydrogen-bond acceptors (Lipinski definition) is 4. The summed E-state index contributed by atoms with van der Waals surface area (Å²) in [5.41, 5.74) is 1.24. The second-order valence-corrected chi connectivity index (χ2v) is 7.77. The molecule has 1 aromatic heterocycles. The van der Waals surface area contributed by atoms with Crippen molar-refractivity contribution in [3.63, 3.8) is 0 Å². The normalized spacial score (nSPS) is 24.7. The van der Waals surface area contributed by atoms with E-state index in [1.165, 1.54) is 23.6 Å². The van der Waals surface area contributed by atoms with Crippen molar-refractivity contribution >= 4 is 5.91 Å². The van der Waals surface area contributed by atoms with Gasteiger partial charge in [-0.1, -0.05) is 30.3 Å². The quantitative estimate of drug-likeness (QED) is 0.831. The molecule has 3 atom stereocenters. The SMILES string of the molecule is CN1[C@@H]2CC[C@H]1CC(N(Cc1ccccc1)C(=O)c1ccc(=O)n(C)n1)C2. The van der Waals surface area contributed by atoms with Crippen molar-refractivity contribution in [3.05, 3.63) is 64.1 Å². The molecule has 2 fully saturated rings. The first-order valence-electron chi connectivity index (χ1n) is 9.64. The Labute approximate surface area is 159 Å². The van der Waals surface area contributed by atoms with Crippen molar-refractivity contribution in [1.29, 1.82) is 0 Å². The average Bonchev–Trinajstić information content (AvgIpc) is 2.89. The molecule has 0 radical (unpaired) electrons. The van der Waals surface area contributed by atoms with Crippen molar-refractivity contribution in [3.8, 4) is 0 Å². The molecule has 3 heterocycles. The summed E-state index contributed by atoms with van der Waals surface area (Å²) >= 11 is 0. The number of carbonyl (C=O) groups is 1. The Kier molecular flexibility index (Phi) is 4.83. The Bertz CT molecular complexity index is 865. The van der Waals surface area contributed by atoms with Crippen LogP contribution in [0.4, 0.5) is 0 Å². The van der Waals surface area contributed by atoms with E-state index < -0.39 is 0 Å². The van der Waals surface area contributed by atoms with Crippen molar-refractivity contribution in [2.75, 3.05) is 7.05 Å². The van der Waals surface area contributed by atoms with Gasteiger partial charge >= 0.3 is 0 Å². The van der Waals surface area contributed by atoms with E-state index >= 15 is 0 Å². The van der Waals surface area contributed by atoms with Gasteiger partial charge in [-0.3, -0.25) is 9.59 Å². The highest BCUT2D eigenvalue weighted by molar-refractivity contribution is 5.92. The fourth-order valence-electron chi connectivity index (χ4n) is 4.55. The van der Waals surface area contributed by atoms with E-state index in [2.05, 4.69) is 29.2 Å². The Morgan fingerprint density at radius 2 is 1.74 bits per heavy atom. The molecule has 0 N–H and O–H groups in total. The molecule has 2 aromatic rings. The number of piperidine rings is 1. The number of rotatable bonds is 4. The van der Waals surface area contributed by atoms with Crippen LogP contribution in [0, 0.1) is 0 Å². The molecule has 0 saturated carbocycles. The first-order chi connectivity index (χ1) is 13.0. The van der Waals surface area contributed by atoms with Gasteiger partial charge in [0.1, 0.15) is 5.69 Å². The van der Waals surface area contributed by atoms with E-state index in [0.29, 0.717) is 24.3 Å². The molecule has 2 bridgehead atoms. The second-order valence-electron chi connectivity index (χ2n) is 7.77. The van der Waals surface area contributed by atoms with Gasteiger partial charge in [-0.15, -0.1) is 0 Å². The van der Waals surface area contributed by atoms with E-state index in [1.807, 2.05) is 23.1 Å². The number of benzene rings is 1. The van der Waals surface area contributed by atoms with E-state index in [4.69, 9.17) is 0 Å². The van der Waals surface area contributed by atoms with E-state index in [1.54, 1.807) is 13.1 Å². The van der Waals surface area contributed by atoms with Crippen LogP contribution in [0.15, 0.2) is 47.3 Å². The maximum absolute atomic E-state index is 13.4. The molecule has 2 aliphatic heterocycles. The Morgan fingerprint density at radius 3 is 2.37 bits per heavy atom. The second kappa shape index (κ2) is 7.27. The van der Waals surface area contributed by atoms with Crippen LogP contribution in [0.3, 0.4) is 0 Å². The molecule has 0 aliphatic carbocycles. The number of nitrogens with zero attached hydrogens (tertiary/aromatic N) is 4. The number of aromatic nitrogens is 2. The molecule has 1 amide bonds. The van der Waals surface area contributed by atoms with Gasteiger partial charge in [-0.2, -0.15) is 5.10 Å². The summed E-state index contributed by atoms with van der Waals surface area (Å²) in [5.74, 6) is -0.0941. The predicted octanol–water partition coefficient (Wildman–Crippen LogP) is 2.05. The van der Waals surface area contributed by atoms with Crippen molar-refractivity contribution in [1.82, 2.24) is 19.6 Å². The maximum atomic E-state index is 13.4. The average molecular weight is 366 g/mol. The molecule has 6 heteroatoms. The zero-order chi connectivity index (χ0) is 19.0. The molecule has 1 unspecified atom stereocenters. The zero-order valence-corrected chi connectivity index (χ0v) is 15.9. The predicted molar refractivity (Wildman–Crippen MR) is 103 cm³/mol. The molecule has 4 rings (SSSR count). The fourth-order valence-corrected chi connectivity index (χ4v) is 4.55. The van der Waals surface area contributed by atoms with Crippen LogP contribution in [0.25, 0.3) is 0 Å². The third kappa shape index (κ3) is 3.54. The third-order valence-corrected chi connectivity index (χ3v) is 6.15. The van der Waals surface area contributed by atoms with Gasteiger partial charge in [0.25, 0.3) is 11.5 Å². The van der Waals surface area contributed by atoms with Crippen LogP contribution in [0.2, 0.25) is 0 Å². The summed E-state index contributed by atoms with van der Waals surface area (Å²) in [4.78, 5) is 29.5. The summed E-state index contributed by atoms with van der Waals surface area (Å²) in [5, 5.41) is 4.20. The molecule has 1 aromatic carbocycles. The lowest BCUT2D eigenvalue weighted by Crippen LogP contribution is -2.50. The highest BCUT2D eigenvalue weighted by Crippen LogP contribution is 2.37. The smallest absolute Gasteiger partial charge is 0.274 e. The van der Waals surface area contributed by atoms with Gasteiger partial charge in [0.15, 0.2) is 0 Å². The van der Waals surface area contributed by atoms with Crippen LogP contribution in [-0.2, 0) is 13.6 Å². The van der Waals surface area contributed by atoms with Gasteiger partial charge in [0.05, 0.1) is 0 Å². The number of amides is 1. The fraction of sp³-hybridized carbons (Fsp3) is 0.476. The van der Waals surface area contributed by atoms with Crippen LogP contribution in [0.1, 0.15) is 41.7 Å². The van der Waals surface area contributed by atoms with Crippen molar-refractivity contribution < 1.29 is 4.79 Å². The minimum Gasteiger partial charge on any atom is -0.330 e. The van der Waals surface area contributed by atoms with Crippen LogP contribution in [0.5, 0.6) is 0 Å².